The van der Waals surface area contributed by atoms with Crippen molar-refractivity contribution in [3.63, 3.8) is 0 Å². The first-order chi connectivity index (χ1) is 9.70. The lowest BCUT2D eigenvalue weighted by molar-refractivity contribution is 0.137. The van der Waals surface area contributed by atoms with Gasteiger partial charge in [-0.05, 0) is 24.8 Å². The molecule has 2 rings (SSSR count). The summed E-state index contributed by atoms with van der Waals surface area (Å²) >= 11 is 0. The second-order valence-electron chi connectivity index (χ2n) is 5.78. The molecule has 1 unspecified atom stereocenters. The maximum atomic E-state index is 5.30. The van der Waals surface area contributed by atoms with Gasteiger partial charge in [0, 0.05) is 44.7 Å². The predicted molar refractivity (Wildman–Crippen MR) is 80.9 cm³/mol. The zero-order valence-corrected chi connectivity index (χ0v) is 12.7. The number of hydrogen-bond donors (Lipinski definition) is 1. The van der Waals surface area contributed by atoms with Crippen molar-refractivity contribution in [1.29, 1.82) is 0 Å². The van der Waals surface area contributed by atoms with Crippen molar-refractivity contribution in [1.82, 2.24) is 15.3 Å². The van der Waals surface area contributed by atoms with Gasteiger partial charge in [0.1, 0.15) is 0 Å². The molecular weight excluding hydrogens is 252 g/mol. The molecule has 0 bridgehead atoms. The van der Waals surface area contributed by atoms with Crippen molar-refractivity contribution in [2.24, 2.45) is 5.92 Å². The van der Waals surface area contributed by atoms with Crippen LogP contribution in [0.3, 0.4) is 0 Å². The lowest BCUT2D eigenvalue weighted by atomic mass is 9.99. The van der Waals surface area contributed by atoms with Crippen LogP contribution in [0.4, 0.5) is 5.95 Å². The first-order valence-corrected chi connectivity index (χ1v) is 7.47. The summed E-state index contributed by atoms with van der Waals surface area (Å²) in [4.78, 5) is 10.9. The van der Waals surface area contributed by atoms with Crippen LogP contribution in [0.2, 0.25) is 0 Å². The summed E-state index contributed by atoms with van der Waals surface area (Å²) in [5, 5.41) is 3.74. The van der Waals surface area contributed by atoms with Gasteiger partial charge in [0.2, 0.25) is 5.95 Å². The Morgan fingerprint density at radius 2 is 1.95 bits per heavy atom. The third-order valence-electron chi connectivity index (χ3n) is 3.93. The summed E-state index contributed by atoms with van der Waals surface area (Å²) in [6, 6.07) is 2.86. The minimum absolute atomic E-state index is 0.435. The summed E-state index contributed by atoms with van der Waals surface area (Å²) in [6.07, 6.45) is 5.87. The normalized spacial score (nSPS) is 18.5. The number of nitrogens with one attached hydrogen (secondary N) is 1. The molecule has 0 saturated carbocycles. The molecule has 20 heavy (non-hydrogen) atoms. The van der Waals surface area contributed by atoms with E-state index in [1.807, 2.05) is 6.07 Å². The number of methoxy groups -OCH3 is 1. The van der Waals surface area contributed by atoms with E-state index in [1.54, 1.807) is 19.5 Å². The number of hydrogen-bond acceptors (Lipinski definition) is 5. The highest BCUT2D eigenvalue weighted by molar-refractivity contribution is 5.29. The molecule has 1 fully saturated rings. The van der Waals surface area contributed by atoms with Crippen LogP contribution in [-0.4, -0.2) is 48.9 Å². The Kier molecular flexibility index (Phi) is 5.73. The lowest BCUT2D eigenvalue weighted by Gasteiger charge is -2.35. The summed E-state index contributed by atoms with van der Waals surface area (Å²) in [5.74, 6) is 1.44. The van der Waals surface area contributed by atoms with Crippen LogP contribution in [0.5, 0.6) is 0 Å². The molecule has 1 aliphatic heterocycles. The molecule has 2 heterocycles. The standard InChI is InChI=1S/C15H26N4O/c1-12(2)14(11-20-3)18-13-5-9-19(10-6-13)15-16-7-4-8-17-15/h4,7-8,12-14,18H,5-6,9-11H2,1-3H3. The molecule has 0 spiro atoms. The molecule has 112 valence electrons. The fourth-order valence-electron chi connectivity index (χ4n) is 2.62. The lowest BCUT2D eigenvalue weighted by Crippen LogP contribution is -2.49. The van der Waals surface area contributed by atoms with E-state index in [9.17, 15) is 0 Å². The van der Waals surface area contributed by atoms with Gasteiger partial charge in [-0.2, -0.15) is 0 Å². The van der Waals surface area contributed by atoms with Crippen LogP contribution < -0.4 is 10.2 Å². The first-order valence-electron chi connectivity index (χ1n) is 7.47. The van der Waals surface area contributed by atoms with Crippen LogP contribution in [-0.2, 0) is 4.74 Å². The summed E-state index contributed by atoms with van der Waals surface area (Å²) in [7, 11) is 1.77. The van der Waals surface area contributed by atoms with Crippen molar-refractivity contribution in [2.45, 2.75) is 38.8 Å². The second-order valence-corrected chi connectivity index (χ2v) is 5.78. The van der Waals surface area contributed by atoms with E-state index in [1.165, 1.54) is 0 Å². The van der Waals surface area contributed by atoms with E-state index >= 15 is 0 Å². The first kappa shape index (κ1) is 15.2. The Labute approximate surface area is 121 Å². The molecule has 1 aromatic rings. The van der Waals surface area contributed by atoms with Crippen LogP contribution in [0.15, 0.2) is 18.5 Å². The SMILES string of the molecule is COCC(NC1CCN(c2ncccn2)CC1)C(C)C. The summed E-state index contributed by atoms with van der Waals surface area (Å²) in [6.45, 7) is 7.28. The van der Waals surface area contributed by atoms with Crippen molar-refractivity contribution < 1.29 is 4.74 Å². The fraction of sp³-hybridized carbons (Fsp3) is 0.733. The molecule has 1 aliphatic rings. The van der Waals surface area contributed by atoms with Crippen LogP contribution in [0, 0.1) is 5.92 Å². The van der Waals surface area contributed by atoms with Crippen molar-refractivity contribution >= 4 is 5.95 Å². The van der Waals surface area contributed by atoms with Crippen LogP contribution in [0.25, 0.3) is 0 Å². The van der Waals surface area contributed by atoms with Gasteiger partial charge in [0.05, 0.1) is 6.61 Å². The molecule has 0 amide bonds. The molecule has 0 aliphatic carbocycles. The Bertz CT molecular complexity index is 377. The molecule has 5 nitrogen and oxygen atoms in total. The Morgan fingerprint density at radius 1 is 1.30 bits per heavy atom. The topological polar surface area (TPSA) is 50.3 Å². The third-order valence-corrected chi connectivity index (χ3v) is 3.93. The van der Waals surface area contributed by atoms with Gasteiger partial charge in [0.15, 0.2) is 0 Å². The Hall–Kier alpha value is -1.20. The molecular formula is C15H26N4O. The summed E-state index contributed by atoms with van der Waals surface area (Å²) < 4.78 is 5.30. The van der Waals surface area contributed by atoms with Gasteiger partial charge >= 0.3 is 0 Å². The van der Waals surface area contributed by atoms with Crippen LogP contribution >= 0.6 is 0 Å². The number of rotatable bonds is 6. The van der Waals surface area contributed by atoms with Crippen LogP contribution in [0.1, 0.15) is 26.7 Å². The Morgan fingerprint density at radius 3 is 2.50 bits per heavy atom. The monoisotopic (exact) mass is 278 g/mol. The zero-order valence-electron chi connectivity index (χ0n) is 12.7. The van der Waals surface area contributed by atoms with E-state index in [0.29, 0.717) is 18.0 Å². The predicted octanol–water partition coefficient (Wildman–Crippen LogP) is 1.71. The number of aromatic nitrogens is 2. The van der Waals surface area contributed by atoms with E-state index < -0.39 is 0 Å². The molecule has 1 N–H and O–H groups in total. The molecule has 1 saturated heterocycles. The largest absolute Gasteiger partial charge is 0.383 e. The van der Waals surface area contributed by atoms with Gasteiger partial charge in [-0.25, -0.2) is 9.97 Å². The van der Waals surface area contributed by atoms with E-state index in [-0.39, 0.29) is 0 Å². The average molecular weight is 278 g/mol. The smallest absolute Gasteiger partial charge is 0.225 e. The highest BCUT2D eigenvalue weighted by Gasteiger charge is 2.24. The molecule has 0 aromatic carbocycles. The van der Waals surface area contributed by atoms with Gasteiger partial charge in [-0.3, -0.25) is 0 Å². The number of ether oxygens (including phenoxy) is 1. The zero-order chi connectivity index (χ0) is 14.4. The number of piperidine rings is 1. The maximum Gasteiger partial charge on any atom is 0.225 e. The van der Waals surface area contributed by atoms with Gasteiger partial charge in [-0.15, -0.1) is 0 Å². The fourth-order valence-corrected chi connectivity index (χ4v) is 2.62. The molecule has 0 radical (unpaired) electrons. The number of nitrogens with zero attached hydrogens (tertiary/aromatic N) is 3. The average Bonchev–Trinajstić information content (AvgIpc) is 2.48. The minimum atomic E-state index is 0.435. The van der Waals surface area contributed by atoms with Crippen molar-refractivity contribution in [3.8, 4) is 0 Å². The molecule has 5 heteroatoms. The Balaban J connectivity index is 1.82. The van der Waals surface area contributed by atoms with E-state index in [4.69, 9.17) is 4.74 Å². The van der Waals surface area contributed by atoms with E-state index in [0.717, 1.165) is 38.5 Å². The van der Waals surface area contributed by atoms with Crippen molar-refractivity contribution in [2.75, 3.05) is 31.7 Å². The summed E-state index contributed by atoms with van der Waals surface area (Å²) in [5.41, 5.74) is 0. The van der Waals surface area contributed by atoms with Gasteiger partial charge in [0.25, 0.3) is 0 Å². The highest BCUT2D eigenvalue weighted by Crippen LogP contribution is 2.16. The third kappa shape index (κ3) is 4.15. The minimum Gasteiger partial charge on any atom is -0.383 e. The van der Waals surface area contributed by atoms with Crippen molar-refractivity contribution in [3.05, 3.63) is 18.5 Å². The van der Waals surface area contributed by atoms with Gasteiger partial charge < -0.3 is 15.0 Å². The number of anilines is 1. The van der Waals surface area contributed by atoms with Gasteiger partial charge in [-0.1, -0.05) is 13.8 Å². The maximum absolute atomic E-state index is 5.30. The quantitative estimate of drug-likeness (QED) is 0.858. The molecule has 1 atom stereocenters. The van der Waals surface area contributed by atoms with E-state index in [2.05, 4.69) is 34.0 Å². The highest BCUT2D eigenvalue weighted by atomic mass is 16.5. The second kappa shape index (κ2) is 7.55. The molecule has 1 aromatic heterocycles.